The first-order valence-electron chi connectivity index (χ1n) is 2.80. The van der Waals surface area contributed by atoms with Gasteiger partial charge in [0.15, 0.2) is 0 Å². The Labute approximate surface area is 57.4 Å². The molecule has 1 rings (SSSR count). The standard InChI is InChI=1S/C6H6O4/c7-5-1-2-6(8)10-4-3-9-5/h1-2H,3-4H2. The lowest BCUT2D eigenvalue weighted by molar-refractivity contribution is -0.148. The van der Waals surface area contributed by atoms with Crippen LogP contribution in [0.2, 0.25) is 0 Å². The van der Waals surface area contributed by atoms with Crippen molar-refractivity contribution in [1.82, 2.24) is 0 Å². The molecule has 0 spiro atoms. The van der Waals surface area contributed by atoms with Crippen LogP contribution in [-0.4, -0.2) is 25.2 Å². The normalized spacial score (nSPS) is 18.8. The molecule has 0 saturated heterocycles. The minimum absolute atomic E-state index is 0.134. The topological polar surface area (TPSA) is 52.6 Å². The van der Waals surface area contributed by atoms with Crippen molar-refractivity contribution in [2.45, 2.75) is 0 Å². The van der Waals surface area contributed by atoms with Crippen LogP contribution in [0, 0.1) is 0 Å². The summed E-state index contributed by atoms with van der Waals surface area (Å²) in [6, 6.07) is 0. The third kappa shape index (κ3) is 1.89. The Kier molecular flexibility index (Phi) is 2.04. The predicted octanol–water partition coefficient (Wildman–Crippen LogP) is -0.357. The molecule has 0 amide bonds. The quantitative estimate of drug-likeness (QED) is 0.433. The van der Waals surface area contributed by atoms with E-state index in [1.807, 2.05) is 0 Å². The molecule has 0 atom stereocenters. The Balaban J connectivity index is 2.58. The lowest BCUT2D eigenvalue weighted by atomic mass is 10.5. The van der Waals surface area contributed by atoms with E-state index in [0.29, 0.717) is 0 Å². The van der Waals surface area contributed by atoms with Crippen molar-refractivity contribution in [2.24, 2.45) is 0 Å². The lowest BCUT2D eigenvalue weighted by Gasteiger charge is -2.04. The van der Waals surface area contributed by atoms with E-state index in [2.05, 4.69) is 9.47 Å². The van der Waals surface area contributed by atoms with Gasteiger partial charge in [-0.25, -0.2) is 9.59 Å². The summed E-state index contributed by atoms with van der Waals surface area (Å²) in [6.45, 7) is 0.268. The van der Waals surface area contributed by atoms with Crippen LogP contribution in [0.1, 0.15) is 0 Å². The van der Waals surface area contributed by atoms with Crippen molar-refractivity contribution >= 4 is 11.9 Å². The highest BCUT2D eigenvalue weighted by molar-refractivity contribution is 5.92. The molecular formula is C6H6O4. The van der Waals surface area contributed by atoms with Gasteiger partial charge < -0.3 is 9.47 Å². The van der Waals surface area contributed by atoms with E-state index >= 15 is 0 Å². The van der Waals surface area contributed by atoms with Crippen LogP contribution in [0.5, 0.6) is 0 Å². The first kappa shape index (κ1) is 6.80. The summed E-state index contributed by atoms with van der Waals surface area (Å²) in [5.41, 5.74) is 0. The Hall–Kier alpha value is -1.32. The Morgan fingerprint density at radius 3 is 1.80 bits per heavy atom. The molecule has 4 heteroatoms. The molecule has 54 valence electrons. The van der Waals surface area contributed by atoms with Crippen LogP contribution < -0.4 is 0 Å². The van der Waals surface area contributed by atoms with Crippen LogP contribution in [0.15, 0.2) is 12.2 Å². The van der Waals surface area contributed by atoms with Gasteiger partial charge in [-0.2, -0.15) is 0 Å². The first-order chi connectivity index (χ1) is 4.79. The van der Waals surface area contributed by atoms with E-state index in [4.69, 9.17) is 0 Å². The van der Waals surface area contributed by atoms with Crippen molar-refractivity contribution in [1.29, 1.82) is 0 Å². The van der Waals surface area contributed by atoms with Gasteiger partial charge in [0.05, 0.1) is 0 Å². The molecule has 1 heterocycles. The number of esters is 2. The van der Waals surface area contributed by atoms with Crippen LogP contribution in [0.4, 0.5) is 0 Å². The van der Waals surface area contributed by atoms with Crippen LogP contribution in [0.25, 0.3) is 0 Å². The van der Waals surface area contributed by atoms with Gasteiger partial charge in [0.1, 0.15) is 13.2 Å². The molecular weight excluding hydrogens is 136 g/mol. The summed E-state index contributed by atoms with van der Waals surface area (Å²) in [6.07, 6.45) is 2.09. The van der Waals surface area contributed by atoms with E-state index < -0.39 is 11.9 Å². The number of hydrogen-bond acceptors (Lipinski definition) is 4. The highest BCUT2D eigenvalue weighted by atomic mass is 16.6. The van der Waals surface area contributed by atoms with E-state index in [9.17, 15) is 9.59 Å². The highest BCUT2D eigenvalue weighted by Crippen LogP contribution is 1.90. The molecule has 0 aromatic carbocycles. The van der Waals surface area contributed by atoms with Gasteiger partial charge in [-0.05, 0) is 0 Å². The van der Waals surface area contributed by atoms with E-state index in [-0.39, 0.29) is 13.2 Å². The fourth-order valence-corrected chi connectivity index (χ4v) is 0.517. The lowest BCUT2D eigenvalue weighted by Crippen LogP contribution is -2.14. The van der Waals surface area contributed by atoms with Gasteiger partial charge in [-0.3, -0.25) is 0 Å². The van der Waals surface area contributed by atoms with Crippen molar-refractivity contribution in [2.75, 3.05) is 13.2 Å². The number of carbonyl (C=O) groups is 2. The monoisotopic (exact) mass is 142 g/mol. The van der Waals surface area contributed by atoms with Gasteiger partial charge in [0, 0.05) is 12.2 Å². The zero-order chi connectivity index (χ0) is 7.40. The largest absolute Gasteiger partial charge is 0.459 e. The summed E-state index contributed by atoms with van der Waals surface area (Å²) < 4.78 is 9.06. The molecule has 0 N–H and O–H groups in total. The van der Waals surface area contributed by atoms with Crippen molar-refractivity contribution in [3.63, 3.8) is 0 Å². The fourth-order valence-electron chi connectivity index (χ4n) is 0.517. The van der Waals surface area contributed by atoms with Crippen LogP contribution in [0.3, 0.4) is 0 Å². The molecule has 0 aliphatic carbocycles. The fraction of sp³-hybridized carbons (Fsp3) is 0.333. The number of hydrogen-bond donors (Lipinski definition) is 0. The summed E-state index contributed by atoms with van der Waals surface area (Å²) in [4.78, 5) is 20.9. The zero-order valence-electron chi connectivity index (χ0n) is 5.20. The second-order valence-electron chi connectivity index (χ2n) is 1.67. The first-order valence-corrected chi connectivity index (χ1v) is 2.80. The molecule has 1 aliphatic rings. The molecule has 0 aromatic rings. The maximum absolute atomic E-state index is 10.5. The summed E-state index contributed by atoms with van der Waals surface area (Å²) in [5.74, 6) is -1.01. The van der Waals surface area contributed by atoms with Crippen molar-refractivity contribution < 1.29 is 19.1 Å². The Morgan fingerprint density at radius 1 is 1.00 bits per heavy atom. The molecule has 0 fully saturated rings. The average molecular weight is 142 g/mol. The summed E-state index contributed by atoms with van der Waals surface area (Å²) in [7, 11) is 0. The van der Waals surface area contributed by atoms with E-state index in [0.717, 1.165) is 12.2 Å². The number of rotatable bonds is 0. The minimum Gasteiger partial charge on any atom is -0.459 e. The predicted molar refractivity (Wildman–Crippen MR) is 31.1 cm³/mol. The second-order valence-corrected chi connectivity index (χ2v) is 1.67. The zero-order valence-corrected chi connectivity index (χ0v) is 5.20. The van der Waals surface area contributed by atoms with Gasteiger partial charge >= 0.3 is 11.9 Å². The number of cyclic esters (lactones) is 2. The van der Waals surface area contributed by atoms with E-state index in [1.54, 1.807) is 0 Å². The maximum atomic E-state index is 10.5. The summed E-state index contributed by atoms with van der Waals surface area (Å²) in [5, 5.41) is 0. The molecule has 0 unspecified atom stereocenters. The van der Waals surface area contributed by atoms with Crippen molar-refractivity contribution in [3.8, 4) is 0 Å². The molecule has 1 aliphatic heterocycles. The average Bonchev–Trinajstić information content (AvgIpc) is 1.90. The third-order valence-electron chi connectivity index (χ3n) is 0.927. The number of ether oxygens (including phenoxy) is 2. The molecule has 10 heavy (non-hydrogen) atoms. The second kappa shape index (κ2) is 3.00. The van der Waals surface area contributed by atoms with Crippen LogP contribution >= 0.6 is 0 Å². The molecule has 4 nitrogen and oxygen atoms in total. The van der Waals surface area contributed by atoms with Gasteiger partial charge in [-0.15, -0.1) is 0 Å². The van der Waals surface area contributed by atoms with Crippen LogP contribution in [-0.2, 0) is 19.1 Å². The minimum atomic E-state index is -0.503. The molecule has 0 saturated carbocycles. The maximum Gasteiger partial charge on any atom is 0.331 e. The van der Waals surface area contributed by atoms with Gasteiger partial charge in [-0.1, -0.05) is 0 Å². The molecule has 0 radical (unpaired) electrons. The van der Waals surface area contributed by atoms with E-state index in [1.165, 1.54) is 0 Å². The SMILES string of the molecule is O=C1C=CC(=O)OCCO1. The van der Waals surface area contributed by atoms with Gasteiger partial charge in [0.25, 0.3) is 0 Å². The van der Waals surface area contributed by atoms with Gasteiger partial charge in [0.2, 0.25) is 0 Å². The summed E-state index contributed by atoms with van der Waals surface area (Å²) >= 11 is 0. The Morgan fingerprint density at radius 2 is 1.40 bits per heavy atom. The third-order valence-corrected chi connectivity index (χ3v) is 0.927. The Bertz CT molecular complexity index is 162. The van der Waals surface area contributed by atoms with Crippen molar-refractivity contribution in [3.05, 3.63) is 12.2 Å². The molecule has 0 bridgehead atoms. The highest BCUT2D eigenvalue weighted by Gasteiger charge is 2.04. The molecule has 0 aromatic heterocycles. The number of carbonyl (C=O) groups excluding carboxylic acids is 2. The smallest absolute Gasteiger partial charge is 0.331 e.